The Morgan fingerprint density at radius 1 is 1.09 bits per heavy atom. The summed E-state index contributed by atoms with van der Waals surface area (Å²) in [6, 6.07) is 12.4. The lowest BCUT2D eigenvalue weighted by Gasteiger charge is -2.13. The lowest BCUT2D eigenvalue weighted by molar-refractivity contribution is -0.115. The Balaban J connectivity index is 2.12. The Morgan fingerprint density at radius 3 is 2.30 bits per heavy atom. The second kappa shape index (κ2) is 6.96. The standard InChI is InChI=1S/C18H21NO3S/c1-4-15-7-5-6-13(2)18(15)19-17(20)12-14-8-10-16(11-9-14)23(3,21)22/h5-11H,4,12H2,1-3H3,(H,19,20). The second-order valence-electron chi connectivity index (χ2n) is 5.60. The van der Waals surface area contributed by atoms with Crippen LogP contribution in [0.3, 0.4) is 0 Å². The fraction of sp³-hybridized carbons (Fsp3) is 0.278. The van der Waals surface area contributed by atoms with E-state index in [4.69, 9.17) is 0 Å². The molecule has 0 radical (unpaired) electrons. The van der Waals surface area contributed by atoms with Crippen molar-refractivity contribution in [2.45, 2.75) is 31.6 Å². The van der Waals surface area contributed by atoms with Gasteiger partial charge in [0.1, 0.15) is 0 Å². The highest BCUT2D eigenvalue weighted by molar-refractivity contribution is 7.90. The van der Waals surface area contributed by atoms with Crippen molar-refractivity contribution in [1.29, 1.82) is 0 Å². The molecule has 0 spiro atoms. The molecule has 5 heteroatoms. The minimum Gasteiger partial charge on any atom is -0.325 e. The summed E-state index contributed by atoms with van der Waals surface area (Å²) in [5, 5.41) is 2.97. The first-order valence-electron chi connectivity index (χ1n) is 7.48. The minimum atomic E-state index is -3.21. The zero-order valence-corrected chi connectivity index (χ0v) is 14.4. The number of para-hydroxylation sites is 1. The third-order valence-electron chi connectivity index (χ3n) is 3.72. The maximum Gasteiger partial charge on any atom is 0.228 e. The molecular weight excluding hydrogens is 310 g/mol. The van der Waals surface area contributed by atoms with Crippen LogP contribution in [-0.2, 0) is 27.5 Å². The molecule has 0 saturated heterocycles. The molecule has 0 atom stereocenters. The first-order chi connectivity index (χ1) is 10.8. The van der Waals surface area contributed by atoms with E-state index >= 15 is 0 Å². The average Bonchev–Trinajstić information content (AvgIpc) is 2.49. The molecule has 0 aromatic heterocycles. The molecular formula is C18H21NO3S. The van der Waals surface area contributed by atoms with E-state index in [1.807, 2.05) is 32.0 Å². The summed E-state index contributed by atoms with van der Waals surface area (Å²) >= 11 is 0. The van der Waals surface area contributed by atoms with E-state index in [2.05, 4.69) is 5.32 Å². The SMILES string of the molecule is CCc1cccc(C)c1NC(=O)Cc1ccc(S(C)(=O)=O)cc1. The van der Waals surface area contributed by atoms with Gasteiger partial charge in [-0.3, -0.25) is 4.79 Å². The minimum absolute atomic E-state index is 0.110. The van der Waals surface area contributed by atoms with Crippen LogP contribution in [0.15, 0.2) is 47.4 Å². The number of rotatable bonds is 5. The van der Waals surface area contributed by atoms with Crippen LogP contribution in [0.4, 0.5) is 5.69 Å². The van der Waals surface area contributed by atoms with E-state index in [0.29, 0.717) is 0 Å². The van der Waals surface area contributed by atoms with Gasteiger partial charge in [-0.25, -0.2) is 8.42 Å². The molecule has 0 aliphatic heterocycles. The van der Waals surface area contributed by atoms with E-state index in [-0.39, 0.29) is 17.2 Å². The monoisotopic (exact) mass is 331 g/mol. The fourth-order valence-corrected chi connectivity index (χ4v) is 3.06. The Bertz CT molecular complexity index is 809. The van der Waals surface area contributed by atoms with Crippen molar-refractivity contribution in [2.24, 2.45) is 0 Å². The van der Waals surface area contributed by atoms with E-state index < -0.39 is 9.84 Å². The number of amides is 1. The van der Waals surface area contributed by atoms with Crippen molar-refractivity contribution >= 4 is 21.4 Å². The number of aryl methyl sites for hydroxylation is 2. The molecule has 0 saturated carbocycles. The van der Waals surface area contributed by atoms with Crippen LogP contribution in [0, 0.1) is 6.92 Å². The summed E-state index contributed by atoms with van der Waals surface area (Å²) in [6.45, 7) is 4.02. The molecule has 1 amide bonds. The van der Waals surface area contributed by atoms with Crippen LogP contribution in [0.2, 0.25) is 0 Å². The maximum absolute atomic E-state index is 12.3. The van der Waals surface area contributed by atoms with Gasteiger partial charge in [-0.15, -0.1) is 0 Å². The topological polar surface area (TPSA) is 63.2 Å². The molecule has 2 aromatic carbocycles. The van der Waals surface area contributed by atoms with Crippen molar-refractivity contribution < 1.29 is 13.2 Å². The Kier molecular flexibility index (Phi) is 5.21. The zero-order valence-electron chi connectivity index (χ0n) is 13.6. The second-order valence-corrected chi connectivity index (χ2v) is 7.62. The van der Waals surface area contributed by atoms with Crippen molar-refractivity contribution in [3.63, 3.8) is 0 Å². The van der Waals surface area contributed by atoms with Gasteiger partial charge < -0.3 is 5.32 Å². The van der Waals surface area contributed by atoms with E-state index in [1.54, 1.807) is 12.1 Å². The van der Waals surface area contributed by atoms with Gasteiger partial charge in [0.25, 0.3) is 0 Å². The number of carbonyl (C=O) groups is 1. The summed E-state index contributed by atoms with van der Waals surface area (Å²) in [6.07, 6.45) is 2.22. The molecule has 2 rings (SSSR count). The zero-order chi connectivity index (χ0) is 17.0. The van der Waals surface area contributed by atoms with Crippen LogP contribution >= 0.6 is 0 Å². The van der Waals surface area contributed by atoms with Gasteiger partial charge in [-0.1, -0.05) is 37.3 Å². The molecule has 0 unspecified atom stereocenters. The molecule has 0 heterocycles. The normalized spacial score (nSPS) is 11.3. The molecule has 1 N–H and O–H groups in total. The smallest absolute Gasteiger partial charge is 0.228 e. The van der Waals surface area contributed by atoms with Gasteiger partial charge in [-0.05, 0) is 42.2 Å². The number of nitrogens with one attached hydrogen (secondary N) is 1. The lowest BCUT2D eigenvalue weighted by atomic mass is 10.1. The van der Waals surface area contributed by atoms with E-state index in [9.17, 15) is 13.2 Å². The maximum atomic E-state index is 12.3. The quantitative estimate of drug-likeness (QED) is 0.915. The molecule has 0 aliphatic rings. The lowest BCUT2D eigenvalue weighted by Crippen LogP contribution is -2.16. The predicted octanol–water partition coefficient (Wildman–Crippen LogP) is 3.14. The summed E-state index contributed by atoms with van der Waals surface area (Å²) in [5.41, 5.74) is 3.78. The Morgan fingerprint density at radius 2 is 1.74 bits per heavy atom. The van der Waals surface area contributed by atoms with Gasteiger partial charge in [0.05, 0.1) is 11.3 Å². The van der Waals surface area contributed by atoms with Gasteiger partial charge in [-0.2, -0.15) is 0 Å². The third-order valence-corrected chi connectivity index (χ3v) is 4.85. The first-order valence-corrected chi connectivity index (χ1v) is 9.37. The van der Waals surface area contributed by atoms with E-state index in [1.165, 1.54) is 18.4 Å². The van der Waals surface area contributed by atoms with Crippen LogP contribution < -0.4 is 5.32 Å². The summed E-state index contributed by atoms with van der Waals surface area (Å²) in [5.74, 6) is -0.110. The Labute approximate surface area is 137 Å². The molecule has 23 heavy (non-hydrogen) atoms. The van der Waals surface area contributed by atoms with E-state index in [0.717, 1.165) is 28.8 Å². The fourth-order valence-electron chi connectivity index (χ4n) is 2.43. The van der Waals surface area contributed by atoms with Gasteiger partial charge in [0, 0.05) is 11.9 Å². The molecule has 2 aromatic rings. The number of carbonyl (C=O) groups excluding carboxylic acids is 1. The van der Waals surface area contributed by atoms with Crippen molar-refractivity contribution in [3.8, 4) is 0 Å². The molecule has 122 valence electrons. The largest absolute Gasteiger partial charge is 0.325 e. The summed E-state index contributed by atoms with van der Waals surface area (Å²) in [4.78, 5) is 12.5. The van der Waals surface area contributed by atoms with Crippen LogP contribution in [0.5, 0.6) is 0 Å². The van der Waals surface area contributed by atoms with Crippen LogP contribution in [0.1, 0.15) is 23.6 Å². The summed E-state index contributed by atoms with van der Waals surface area (Å²) in [7, 11) is -3.21. The van der Waals surface area contributed by atoms with Crippen molar-refractivity contribution in [2.75, 3.05) is 11.6 Å². The first kappa shape index (κ1) is 17.2. The summed E-state index contributed by atoms with van der Waals surface area (Å²) < 4.78 is 22.9. The van der Waals surface area contributed by atoms with Crippen LogP contribution in [0.25, 0.3) is 0 Å². The third kappa shape index (κ3) is 4.42. The molecule has 0 aliphatic carbocycles. The number of hydrogen-bond acceptors (Lipinski definition) is 3. The molecule has 4 nitrogen and oxygen atoms in total. The highest BCUT2D eigenvalue weighted by Crippen LogP contribution is 2.21. The van der Waals surface area contributed by atoms with Crippen molar-refractivity contribution in [3.05, 3.63) is 59.2 Å². The average molecular weight is 331 g/mol. The number of sulfone groups is 1. The predicted molar refractivity (Wildman–Crippen MR) is 92.4 cm³/mol. The number of hydrogen-bond donors (Lipinski definition) is 1. The highest BCUT2D eigenvalue weighted by Gasteiger charge is 2.11. The van der Waals surface area contributed by atoms with Gasteiger partial charge in [0.15, 0.2) is 9.84 Å². The van der Waals surface area contributed by atoms with Crippen molar-refractivity contribution in [1.82, 2.24) is 0 Å². The Hall–Kier alpha value is -2.14. The molecule has 0 bridgehead atoms. The van der Waals surface area contributed by atoms with Gasteiger partial charge >= 0.3 is 0 Å². The number of benzene rings is 2. The molecule has 0 fully saturated rings. The van der Waals surface area contributed by atoms with Crippen LogP contribution in [-0.4, -0.2) is 20.6 Å². The highest BCUT2D eigenvalue weighted by atomic mass is 32.2. The number of anilines is 1. The van der Waals surface area contributed by atoms with Gasteiger partial charge in [0.2, 0.25) is 5.91 Å².